The van der Waals surface area contributed by atoms with Crippen LogP contribution in [0.5, 0.6) is 0 Å². The number of halogens is 2. The van der Waals surface area contributed by atoms with Gasteiger partial charge in [0.15, 0.2) is 5.96 Å². The van der Waals surface area contributed by atoms with Crippen molar-refractivity contribution in [3.63, 3.8) is 0 Å². The highest BCUT2D eigenvalue weighted by Crippen LogP contribution is 2.27. The molecule has 1 aromatic heterocycles. The zero-order valence-corrected chi connectivity index (χ0v) is 20.9. The van der Waals surface area contributed by atoms with Crippen LogP contribution in [0, 0.1) is 5.82 Å². The molecule has 6 nitrogen and oxygen atoms in total. The number of guanidine groups is 1. The van der Waals surface area contributed by atoms with Crippen LogP contribution in [0.1, 0.15) is 36.6 Å². The molecule has 0 unspecified atom stereocenters. The Balaban J connectivity index is 0.00000320. The van der Waals surface area contributed by atoms with Crippen molar-refractivity contribution >= 4 is 51.3 Å². The van der Waals surface area contributed by atoms with Crippen LogP contribution in [0.2, 0.25) is 0 Å². The Labute approximate surface area is 199 Å². The molecule has 0 aliphatic carbocycles. The third-order valence-corrected chi connectivity index (χ3v) is 8.10. The maximum Gasteiger partial charge on any atom is 0.252 e. The van der Waals surface area contributed by atoms with E-state index >= 15 is 0 Å². The molecule has 2 heterocycles. The van der Waals surface area contributed by atoms with Crippen molar-refractivity contribution in [3.05, 3.63) is 52.7 Å². The molecule has 0 atom stereocenters. The quantitative estimate of drug-likeness (QED) is 0.303. The molecular weight excluding hydrogens is 538 g/mol. The van der Waals surface area contributed by atoms with Gasteiger partial charge in [0.2, 0.25) is 0 Å². The molecule has 0 saturated carbocycles. The summed E-state index contributed by atoms with van der Waals surface area (Å²) in [6.07, 6.45) is 2.95. The first-order chi connectivity index (χ1) is 14.0. The van der Waals surface area contributed by atoms with Gasteiger partial charge in [0.1, 0.15) is 10.0 Å². The number of thiophene rings is 1. The second-order valence-electron chi connectivity index (χ2n) is 6.86. The molecule has 3 rings (SSSR count). The maximum absolute atomic E-state index is 13.0. The van der Waals surface area contributed by atoms with Gasteiger partial charge in [0, 0.05) is 24.5 Å². The monoisotopic (exact) mass is 566 g/mol. The normalized spacial score (nSPS) is 15.5. The van der Waals surface area contributed by atoms with E-state index in [0.717, 1.165) is 29.7 Å². The topological polar surface area (TPSA) is 73.8 Å². The third-order valence-electron chi connectivity index (χ3n) is 4.65. The largest absolute Gasteiger partial charge is 0.357 e. The third kappa shape index (κ3) is 6.89. The Morgan fingerprint density at radius 2 is 1.80 bits per heavy atom. The van der Waals surface area contributed by atoms with Crippen LogP contribution in [0.15, 0.2) is 45.6 Å². The van der Waals surface area contributed by atoms with Crippen molar-refractivity contribution in [1.29, 1.82) is 0 Å². The highest BCUT2D eigenvalue weighted by atomic mass is 127. The standard InChI is InChI=1S/C20H27FN4O2S2.HI/c1-2-22-20(23-14-16-6-8-17(21)9-7-16)24-15-18-10-11-19(28-18)29(26,27)25-12-4-3-5-13-25;/h6-11H,2-5,12-15H2,1H3,(H2,22,23,24);1H. The number of aliphatic imine (C=N–C) groups is 1. The first kappa shape index (κ1) is 25.0. The fourth-order valence-corrected chi connectivity index (χ4v) is 6.06. The van der Waals surface area contributed by atoms with Crippen LogP contribution in [0.3, 0.4) is 0 Å². The van der Waals surface area contributed by atoms with E-state index in [4.69, 9.17) is 0 Å². The Bertz CT molecular complexity index is 927. The summed E-state index contributed by atoms with van der Waals surface area (Å²) in [4.78, 5) is 5.43. The minimum atomic E-state index is -3.39. The van der Waals surface area contributed by atoms with Crippen molar-refractivity contribution in [3.8, 4) is 0 Å². The average Bonchev–Trinajstić information content (AvgIpc) is 3.22. The minimum absolute atomic E-state index is 0. The van der Waals surface area contributed by atoms with Crippen LogP contribution in [-0.2, 0) is 23.1 Å². The highest BCUT2D eigenvalue weighted by Gasteiger charge is 2.27. The van der Waals surface area contributed by atoms with Gasteiger partial charge in [-0.05, 0) is 49.6 Å². The predicted octanol–water partition coefficient (Wildman–Crippen LogP) is 3.94. The van der Waals surface area contributed by atoms with Gasteiger partial charge < -0.3 is 10.6 Å². The Kier molecular flexibility index (Phi) is 9.98. The first-order valence-electron chi connectivity index (χ1n) is 9.84. The van der Waals surface area contributed by atoms with Crippen LogP contribution in [0.4, 0.5) is 4.39 Å². The van der Waals surface area contributed by atoms with Gasteiger partial charge in [-0.1, -0.05) is 18.6 Å². The Hall–Kier alpha value is -1.24. The van der Waals surface area contributed by atoms with Gasteiger partial charge in [-0.15, -0.1) is 35.3 Å². The van der Waals surface area contributed by atoms with E-state index in [1.807, 2.05) is 13.0 Å². The molecule has 10 heteroatoms. The summed E-state index contributed by atoms with van der Waals surface area (Å²) in [6.45, 7) is 4.80. The molecule has 1 aromatic carbocycles. The van der Waals surface area contributed by atoms with Gasteiger partial charge in [-0.25, -0.2) is 17.8 Å². The van der Waals surface area contributed by atoms with Gasteiger partial charge in [-0.3, -0.25) is 0 Å². The second kappa shape index (κ2) is 12.0. The zero-order valence-electron chi connectivity index (χ0n) is 16.9. The number of nitrogens with zero attached hydrogens (tertiary/aromatic N) is 2. The van der Waals surface area contributed by atoms with Crippen LogP contribution < -0.4 is 10.6 Å². The summed E-state index contributed by atoms with van der Waals surface area (Å²) in [7, 11) is -3.39. The Morgan fingerprint density at radius 3 is 2.47 bits per heavy atom. The number of hydrogen-bond donors (Lipinski definition) is 2. The summed E-state index contributed by atoms with van der Waals surface area (Å²) in [5.41, 5.74) is 0.912. The molecule has 0 radical (unpaired) electrons. The summed E-state index contributed by atoms with van der Waals surface area (Å²) in [6, 6.07) is 9.79. The molecule has 0 amide bonds. The van der Waals surface area contributed by atoms with Crippen molar-refractivity contribution in [2.45, 2.75) is 43.5 Å². The number of rotatable bonds is 7. The van der Waals surface area contributed by atoms with Crippen LogP contribution in [-0.4, -0.2) is 38.3 Å². The van der Waals surface area contributed by atoms with Crippen LogP contribution >= 0.6 is 35.3 Å². The molecule has 0 bridgehead atoms. The molecule has 1 fully saturated rings. The molecule has 1 aliphatic heterocycles. The number of sulfonamides is 1. The number of piperidine rings is 1. The van der Waals surface area contributed by atoms with Crippen molar-refractivity contribution in [2.24, 2.45) is 4.99 Å². The first-order valence-corrected chi connectivity index (χ1v) is 12.1. The lowest BCUT2D eigenvalue weighted by Crippen LogP contribution is -2.36. The number of hydrogen-bond acceptors (Lipinski definition) is 4. The van der Waals surface area contributed by atoms with Gasteiger partial charge >= 0.3 is 0 Å². The van der Waals surface area contributed by atoms with Crippen molar-refractivity contribution < 1.29 is 12.8 Å². The zero-order chi connectivity index (χ0) is 20.7. The lowest BCUT2D eigenvalue weighted by molar-refractivity contribution is 0.347. The number of nitrogens with one attached hydrogen (secondary N) is 2. The summed E-state index contributed by atoms with van der Waals surface area (Å²) in [5, 5.41) is 6.40. The van der Waals surface area contributed by atoms with Crippen molar-refractivity contribution in [1.82, 2.24) is 14.9 Å². The average molecular weight is 567 g/mol. The fourth-order valence-electron chi connectivity index (χ4n) is 3.10. The van der Waals surface area contributed by atoms with Crippen molar-refractivity contribution in [2.75, 3.05) is 19.6 Å². The smallest absolute Gasteiger partial charge is 0.252 e. The van der Waals surface area contributed by atoms with E-state index in [1.165, 1.54) is 23.5 Å². The molecule has 1 saturated heterocycles. The van der Waals surface area contributed by atoms with Gasteiger partial charge in [0.25, 0.3) is 10.0 Å². The van der Waals surface area contributed by atoms with E-state index in [9.17, 15) is 12.8 Å². The molecular formula is C20H28FIN4O2S2. The lowest BCUT2D eigenvalue weighted by Gasteiger charge is -2.25. The highest BCUT2D eigenvalue weighted by molar-refractivity contribution is 14.0. The van der Waals surface area contributed by atoms with E-state index in [1.54, 1.807) is 22.5 Å². The molecule has 2 N–H and O–H groups in total. The molecule has 2 aromatic rings. The van der Waals surface area contributed by atoms with E-state index in [2.05, 4.69) is 15.6 Å². The predicted molar refractivity (Wildman–Crippen MR) is 130 cm³/mol. The SMILES string of the molecule is CCNC(=NCc1ccc(F)cc1)NCc1ccc(S(=O)(=O)N2CCCCC2)s1.I. The fraction of sp³-hybridized carbons (Fsp3) is 0.450. The maximum atomic E-state index is 13.0. The lowest BCUT2D eigenvalue weighted by atomic mass is 10.2. The number of benzene rings is 1. The molecule has 166 valence electrons. The summed E-state index contributed by atoms with van der Waals surface area (Å²) < 4.78 is 40.6. The minimum Gasteiger partial charge on any atom is -0.357 e. The summed E-state index contributed by atoms with van der Waals surface area (Å²) >= 11 is 1.29. The molecule has 30 heavy (non-hydrogen) atoms. The van der Waals surface area contributed by atoms with Gasteiger partial charge in [-0.2, -0.15) is 4.31 Å². The molecule has 0 spiro atoms. The van der Waals surface area contributed by atoms with E-state index in [-0.39, 0.29) is 29.8 Å². The summed E-state index contributed by atoms with van der Waals surface area (Å²) in [5.74, 6) is 0.362. The Morgan fingerprint density at radius 1 is 1.10 bits per heavy atom. The van der Waals surface area contributed by atoms with E-state index in [0.29, 0.717) is 42.9 Å². The molecule has 1 aliphatic rings. The van der Waals surface area contributed by atoms with Gasteiger partial charge in [0.05, 0.1) is 13.1 Å². The second-order valence-corrected chi connectivity index (χ2v) is 10.2. The van der Waals surface area contributed by atoms with E-state index < -0.39 is 10.0 Å². The van der Waals surface area contributed by atoms with Crippen LogP contribution in [0.25, 0.3) is 0 Å².